The van der Waals surface area contributed by atoms with Crippen molar-refractivity contribution < 1.29 is 14.3 Å². The van der Waals surface area contributed by atoms with E-state index in [9.17, 15) is 4.79 Å². The molecular formula is C26H34N2O3. The minimum Gasteiger partial charge on any atom is -0.497 e. The van der Waals surface area contributed by atoms with Gasteiger partial charge in [-0.3, -0.25) is 4.79 Å². The van der Waals surface area contributed by atoms with E-state index in [1.807, 2.05) is 18.2 Å². The third-order valence-corrected chi connectivity index (χ3v) is 6.57. The molecule has 1 fully saturated rings. The van der Waals surface area contributed by atoms with Crippen molar-refractivity contribution in [1.29, 1.82) is 0 Å². The van der Waals surface area contributed by atoms with Gasteiger partial charge >= 0.3 is 0 Å². The van der Waals surface area contributed by atoms with Crippen molar-refractivity contribution in [2.75, 3.05) is 39.9 Å². The molecule has 1 amide bonds. The molecule has 2 aliphatic heterocycles. The van der Waals surface area contributed by atoms with Crippen LogP contribution in [-0.4, -0.2) is 50.7 Å². The number of hydrogen-bond donors (Lipinski definition) is 1. The van der Waals surface area contributed by atoms with Gasteiger partial charge in [-0.05, 0) is 87.0 Å². The Bertz CT molecular complexity index is 847. The lowest BCUT2D eigenvalue weighted by Gasteiger charge is -2.32. The first-order valence-electron chi connectivity index (χ1n) is 11.5. The van der Waals surface area contributed by atoms with E-state index in [1.54, 1.807) is 7.11 Å². The summed E-state index contributed by atoms with van der Waals surface area (Å²) in [6, 6.07) is 16.6. The number of carbonyl (C=O) groups is 1. The van der Waals surface area contributed by atoms with Crippen LogP contribution in [-0.2, 0) is 17.6 Å². The number of benzene rings is 2. The molecule has 0 spiro atoms. The zero-order chi connectivity index (χ0) is 21.5. The molecule has 2 aromatic rings. The van der Waals surface area contributed by atoms with Gasteiger partial charge in [0.2, 0.25) is 5.91 Å². The predicted octanol–water partition coefficient (Wildman–Crippen LogP) is 3.71. The van der Waals surface area contributed by atoms with Crippen LogP contribution in [0.1, 0.15) is 30.4 Å². The normalized spacial score (nSPS) is 19.3. The Kier molecular flexibility index (Phi) is 7.47. The molecule has 5 heteroatoms. The van der Waals surface area contributed by atoms with E-state index in [2.05, 4.69) is 40.5 Å². The maximum absolute atomic E-state index is 12.6. The zero-order valence-electron chi connectivity index (χ0n) is 18.5. The van der Waals surface area contributed by atoms with Crippen molar-refractivity contribution in [2.24, 2.45) is 11.8 Å². The van der Waals surface area contributed by atoms with E-state index in [0.717, 1.165) is 42.5 Å². The highest BCUT2D eigenvalue weighted by atomic mass is 16.5. The predicted molar refractivity (Wildman–Crippen MR) is 123 cm³/mol. The van der Waals surface area contributed by atoms with Crippen molar-refractivity contribution in [3.8, 4) is 11.5 Å². The number of likely N-dealkylation sites (tertiary alicyclic amines) is 1. The largest absolute Gasteiger partial charge is 0.497 e. The molecule has 0 saturated carbocycles. The number of nitrogens with one attached hydrogen (secondary N) is 1. The molecule has 1 atom stereocenters. The van der Waals surface area contributed by atoms with Gasteiger partial charge in [0.05, 0.1) is 13.0 Å². The molecule has 4 rings (SSSR count). The van der Waals surface area contributed by atoms with Gasteiger partial charge in [0.1, 0.15) is 18.1 Å². The minimum absolute atomic E-state index is 0.0926. The van der Waals surface area contributed by atoms with Crippen molar-refractivity contribution in [2.45, 2.75) is 32.1 Å². The maximum Gasteiger partial charge on any atom is 0.226 e. The quantitative estimate of drug-likeness (QED) is 0.659. The van der Waals surface area contributed by atoms with Crippen LogP contribution in [0.3, 0.4) is 0 Å². The van der Waals surface area contributed by atoms with Crippen LogP contribution in [0.2, 0.25) is 0 Å². The van der Waals surface area contributed by atoms with Gasteiger partial charge in [-0.1, -0.05) is 30.3 Å². The second kappa shape index (κ2) is 10.7. The molecule has 0 aliphatic carbocycles. The van der Waals surface area contributed by atoms with E-state index in [1.165, 1.54) is 37.9 Å². The van der Waals surface area contributed by atoms with E-state index >= 15 is 0 Å². The molecule has 31 heavy (non-hydrogen) atoms. The highest BCUT2D eigenvalue weighted by Crippen LogP contribution is 2.30. The van der Waals surface area contributed by atoms with Crippen molar-refractivity contribution in [3.05, 3.63) is 59.7 Å². The summed E-state index contributed by atoms with van der Waals surface area (Å²) in [5, 5.41) is 3.12. The Morgan fingerprint density at radius 2 is 1.97 bits per heavy atom. The van der Waals surface area contributed by atoms with Crippen LogP contribution >= 0.6 is 0 Å². The Labute approximate surface area is 185 Å². The Morgan fingerprint density at radius 1 is 1.16 bits per heavy atom. The van der Waals surface area contributed by atoms with E-state index in [4.69, 9.17) is 9.47 Å². The van der Waals surface area contributed by atoms with Crippen LogP contribution in [0.4, 0.5) is 0 Å². The van der Waals surface area contributed by atoms with Crippen molar-refractivity contribution in [3.63, 3.8) is 0 Å². The number of carbonyl (C=O) groups excluding carboxylic acids is 1. The molecule has 1 N–H and O–H groups in total. The molecule has 0 unspecified atom stereocenters. The van der Waals surface area contributed by atoms with Crippen LogP contribution in [0.25, 0.3) is 0 Å². The SMILES string of the molecule is COc1ccc2c(c1)C[C@H](C(=O)NCCCN1CCC(Cc3ccccc3)CC1)CO2. The number of amides is 1. The molecular weight excluding hydrogens is 388 g/mol. The number of ether oxygens (including phenoxy) is 2. The molecule has 2 aromatic carbocycles. The summed E-state index contributed by atoms with van der Waals surface area (Å²) in [4.78, 5) is 15.1. The van der Waals surface area contributed by atoms with Crippen molar-refractivity contribution in [1.82, 2.24) is 10.2 Å². The third kappa shape index (κ3) is 6.01. The van der Waals surface area contributed by atoms with Gasteiger partial charge in [-0.2, -0.15) is 0 Å². The lowest BCUT2D eigenvalue weighted by atomic mass is 9.90. The van der Waals surface area contributed by atoms with Gasteiger partial charge in [0.15, 0.2) is 0 Å². The van der Waals surface area contributed by atoms with E-state index in [0.29, 0.717) is 13.0 Å². The Balaban J connectivity index is 1.13. The Hall–Kier alpha value is -2.53. The number of piperidine rings is 1. The molecule has 0 bridgehead atoms. The van der Waals surface area contributed by atoms with Crippen LogP contribution < -0.4 is 14.8 Å². The van der Waals surface area contributed by atoms with Gasteiger partial charge < -0.3 is 19.7 Å². The topological polar surface area (TPSA) is 50.8 Å². The van der Waals surface area contributed by atoms with Gasteiger partial charge in [0, 0.05) is 6.54 Å². The van der Waals surface area contributed by atoms with Crippen LogP contribution in [0.5, 0.6) is 11.5 Å². The fraction of sp³-hybridized carbons (Fsp3) is 0.500. The fourth-order valence-corrected chi connectivity index (χ4v) is 4.69. The molecule has 2 aliphatic rings. The van der Waals surface area contributed by atoms with Crippen LogP contribution in [0, 0.1) is 11.8 Å². The summed E-state index contributed by atoms with van der Waals surface area (Å²) < 4.78 is 11.1. The van der Waals surface area contributed by atoms with Crippen molar-refractivity contribution >= 4 is 5.91 Å². The average molecular weight is 423 g/mol. The monoisotopic (exact) mass is 422 g/mol. The van der Waals surface area contributed by atoms with Gasteiger partial charge in [0.25, 0.3) is 0 Å². The first-order chi connectivity index (χ1) is 15.2. The first kappa shape index (κ1) is 21.7. The van der Waals surface area contributed by atoms with Crippen LogP contribution in [0.15, 0.2) is 48.5 Å². The number of fused-ring (bicyclic) bond motifs is 1. The molecule has 166 valence electrons. The second-order valence-corrected chi connectivity index (χ2v) is 8.81. The van der Waals surface area contributed by atoms with E-state index < -0.39 is 0 Å². The minimum atomic E-state index is -0.131. The number of nitrogens with zero attached hydrogens (tertiary/aromatic N) is 1. The summed E-state index contributed by atoms with van der Waals surface area (Å²) in [6.07, 6.45) is 5.43. The number of hydrogen-bond acceptors (Lipinski definition) is 4. The van der Waals surface area contributed by atoms with E-state index in [-0.39, 0.29) is 11.8 Å². The molecule has 5 nitrogen and oxygen atoms in total. The molecule has 0 radical (unpaired) electrons. The maximum atomic E-state index is 12.6. The number of methoxy groups -OCH3 is 1. The zero-order valence-corrected chi connectivity index (χ0v) is 18.5. The second-order valence-electron chi connectivity index (χ2n) is 8.81. The average Bonchev–Trinajstić information content (AvgIpc) is 2.82. The highest BCUT2D eigenvalue weighted by molar-refractivity contribution is 5.79. The lowest BCUT2D eigenvalue weighted by Crippen LogP contribution is -2.39. The van der Waals surface area contributed by atoms with Gasteiger partial charge in [-0.25, -0.2) is 0 Å². The summed E-state index contributed by atoms with van der Waals surface area (Å²) in [6.45, 7) is 4.56. The number of rotatable bonds is 8. The first-order valence-corrected chi connectivity index (χ1v) is 11.5. The molecule has 0 aromatic heterocycles. The lowest BCUT2D eigenvalue weighted by molar-refractivity contribution is -0.126. The fourth-order valence-electron chi connectivity index (χ4n) is 4.69. The summed E-state index contributed by atoms with van der Waals surface area (Å²) in [7, 11) is 1.65. The smallest absolute Gasteiger partial charge is 0.226 e. The standard InChI is InChI=1S/C26H34N2O3/c1-30-24-8-9-25-22(18-24)17-23(19-31-25)26(29)27-12-5-13-28-14-10-21(11-15-28)16-20-6-3-2-4-7-20/h2-4,6-9,18,21,23H,5,10-17,19H2,1H3,(H,27,29)/t23-/m0/s1. The van der Waals surface area contributed by atoms with Gasteiger partial charge in [-0.15, -0.1) is 0 Å². The summed E-state index contributed by atoms with van der Waals surface area (Å²) >= 11 is 0. The highest BCUT2D eigenvalue weighted by Gasteiger charge is 2.26. The third-order valence-electron chi connectivity index (χ3n) is 6.57. The molecule has 1 saturated heterocycles. The summed E-state index contributed by atoms with van der Waals surface area (Å²) in [5.41, 5.74) is 2.50. The summed E-state index contributed by atoms with van der Waals surface area (Å²) in [5.74, 6) is 2.42. The Morgan fingerprint density at radius 3 is 2.74 bits per heavy atom. The molecule has 2 heterocycles.